The number of rotatable bonds is 9. The van der Waals surface area contributed by atoms with Crippen molar-refractivity contribution in [2.75, 3.05) is 13.2 Å². The zero-order valence-corrected chi connectivity index (χ0v) is 23.4. The maximum atomic E-state index is 12.7. The first kappa shape index (κ1) is 26.6. The Morgan fingerprint density at radius 1 is 1.15 bits per heavy atom. The summed E-state index contributed by atoms with van der Waals surface area (Å²) in [5, 5.41) is 11.3. The van der Waals surface area contributed by atoms with Gasteiger partial charge in [0.1, 0.15) is 17.9 Å². The number of allylic oxidation sites excluding steroid dienone is 2. The molecule has 39 heavy (non-hydrogen) atoms. The molecule has 2 N–H and O–H groups in total. The van der Waals surface area contributed by atoms with Gasteiger partial charge in [-0.1, -0.05) is 18.2 Å². The summed E-state index contributed by atoms with van der Waals surface area (Å²) in [5.74, 6) is 1.28. The quantitative estimate of drug-likeness (QED) is 0.422. The molecule has 2 atom stereocenters. The van der Waals surface area contributed by atoms with Crippen LogP contribution in [0, 0.1) is 17.2 Å². The number of fused-ring (bicyclic) bond motifs is 1. The standard InChI is InChI=1S/C30H38N4O4S/c1-20(21-8-9-21)32-39(35,36)33-23-5-2-4-22(10-11-23)30-28(19-31)27-13-12-26(38-25-14-16-37-17-15-25)18-29(27)34(30)24-6-3-7-24/h2,5,10,12-13,18,20-21,23-25,32-33H,3-4,6-9,11,14-17H2,1H3/t20-,23?/m0/s1. The number of nitriles is 1. The van der Waals surface area contributed by atoms with Crippen LogP contribution in [0.1, 0.15) is 82.0 Å². The molecule has 0 bridgehead atoms. The predicted molar refractivity (Wildman–Crippen MR) is 152 cm³/mol. The first-order chi connectivity index (χ1) is 18.9. The summed E-state index contributed by atoms with van der Waals surface area (Å²) in [6.07, 6.45) is 14.7. The molecule has 9 heteroatoms. The minimum Gasteiger partial charge on any atom is -0.490 e. The Balaban J connectivity index is 1.29. The third-order valence-electron chi connectivity index (χ3n) is 8.60. The average Bonchev–Trinajstić information content (AvgIpc) is 3.71. The van der Waals surface area contributed by atoms with Crippen molar-refractivity contribution in [2.24, 2.45) is 5.92 Å². The maximum Gasteiger partial charge on any atom is 0.277 e. The molecule has 4 aliphatic rings. The zero-order chi connectivity index (χ0) is 27.0. The van der Waals surface area contributed by atoms with E-state index in [2.05, 4.69) is 32.2 Å². The summed E-state index contributed by atoms with van der Waals surface area (Å²) < 4.78 is 45.3. The van der Waals surface area contributed by atoms with Gasteiger partial charge in [-0.2, -0.15) is 23.1 Å². The molecule has 8 nitrogen and oxygen atoms in total. The van der Waals surface area contributed by atoms with Crippen LogP contribution >= 0.6 is 0 Å². The highest BCUT2D eigenvalue weighted by atomic mass is 32.2. The van der Waals surface area contributed by atoms with Crippen LogP contribution < -0.4 is 14.2 Å². The lowest BCUT2D eigenvalue weighted by molar-refractivity contribution is 0.0256. The van der Waals surface area contributed by atoms with Gasteiger partial charge in [-0.05, 0) is 75.5 Å². The molecule has 1 aromatic carbocycles. The topological polar surface area (TPSA) is 105 Å². The van der Waals surface area contributed by atoms with E-state index in [9.17, 15) is 13.7 Å². The number of aromatic nitrogens is 1. The Kier molecular flexibility index (Phi) is 7.56. The second kappa shape index (κ2) is 11.1. The third kappa shape index (κ3) is 5.80. The van der Waals surface area contributed by atoms with Crippen LogP contribution in [0.3, 0.4) is 0 Å². The number of ether oxygens (including phenoxy) is 2. The number of benzene rings is 1. The molecule has 1 aliphatic heterocycles. The lowest BCUT2D eigenvalue weighted by Gasteiger charge is -2.31. The van der Waals surface area contributed by atoms with Crippen LogP contribution in [0.2, 0.25) is 0 Å². The fourth-order valence-corrected chi connectivity index (χ4v) is 7.37. The number of nitrogens with one attached hydrogen (secondary N) is 2. The molecule has 2 aromatic rings. The van der Waals surface area contributed by atoms with E-state index in [1.165, 1.54) is 6.42 Å². The van der Waals surface area contributed by atoms with Gasteiger partial charge in [-0.15, -0.1) is 0 Å². The summed E-state index contributed by atoms with van der Waals surface area (Å²) in [7, 11) is -3.61. The fraction of sp³-hybridized carbons (Fsp3) is 0.567. The Labute approximate surface area is 231 Å². The summed E-state index contributed by atoms with van der Waals surface area (Å²) in [4.78, 5) is 0. The van der Waals surface area contributed by atoms with Crippen LogP contribution in [0.25, 0.3) is 16.5 Å². The second-order valence-corrected chi connectivity index (χ2v) is 12.9. The van der Waals surface area contributed by atoms with Crippen molar-refractivity contribution in [3.05, 3.63) is 47.7 Å². The van der Waals surface area contributed by atoms with Gasteiger partial charge < -0.3 is 14.0 Å². The van der Waals surface area contributed by atoms with Gasteiger partial charge in [0.15, 0.2) is 0 Å². The van der Waals surface area contributed by atoms with E-state index < -0.39 is 10.2 Å². The Hall–Kier alpha value is -2.64. The summed E-state index contributed by atoms with van der Waals surface area (Å²) in [6, 6.07) is 8.57. The zero-order valence-electron chi connectivity index (χ0n) is 22.6. The Morgan fingerprint density at radius 2 is 1.95 bits per heavy atom. The highest BCUT2D eigenvalue weighted by Gasteiger charge is 2.32. The summed E-state index contributed by atoms with van der Waals surface area (Å²) >= 11 is 0. The van der Waals surface area contributed by atoms with Crippen LogP contribution in [0.15, 0.2) is 36.4 Å². The molecule has 208 valence electrons. The second-order valence-electron chi connectivity index (χ2n) is 11.5. The van der Waals surface area contributed by atoms with Crippen molar-refractivity contribution in [1.82, 2.24) is 14.0 Å². The van der Waals surface area contributed by atoms with Gasteiger partial charge >= 0.3 is 0 Å². The highest BCUT2D eigenvalue weighted by Crippen LogP contribution is 2.43. The Morgan fingerprint density at radius 3 is 2.64 bits per heavy atom. The van der Waals surface area contributed by atoms with Crippen molar-refractivity contribution in [3.63, 3.8) is 0 Å². The average molecular weight is 551 g/mol. The van der Waals surface area contributed by atoms with E-state index in [0.717, 1.165) is 79.7 Å². The molecule has 2 heterocycles. The molecular weight excluding hydrogens is 512 g/mol. The van der Waals surface area contributed by atoms with Crippen LogP contribution in [0.4, 0.5) is 0 Å². The van der Waals surface area contributed by atoms with Gasteiger partial charge in [0, 0.05) is 42.4 Å². The van der Waals surface area contributed by atoms with E-state index in [1.54, 1.807) is 0 Å². The smallest absolute Gasteiger partial charge is 0.277 e. The van der Waals surface area contributed by atoms with Gasteiger partial charge in [0.2, 0.25) is 0 Å². The maximum absolute atomic E-state index is 12.7. The normalized spacial score (nSPS) is 23.6. The van der Waals surface area contributed by atoms with E-state index in [1.807, 2.05) is 31.2 Å². The predicted octanol–water partition coefficient (Wildman–Crippen LogP) is 5.12. The van der Waals surface area contributed by atoms with E-state index >= 15 is 0 Å². The van der Waals surface area contributed by atoms with Crippen LogP contribution in [-0.4, -0.2) is 44.4 Å². The molecule has 6 rings (SSSR count). The molecule has 1 saturated heterocycles. The van der Waals surface area contributed by atoms with Gasteiger partial charge in [0.05, 0.1) is 30.0 Å². The lowest BCUT2D eigenvalue weighted by Crippen LogP contribution is -2.45. The lowest BCUT2D eigenvalue weighted by atomic mass is 9.91. The fourth-order valence-electron chi connectivity index (χ4n) is 6.04. The van der Waals surface area contributed by atoms with Crippen molar-refractivity contribution >= 4 is 26.7 Å². The van der Waals surface area contributed by atoms with Crippen molar-refractivity contribution in [3.8, 4) is 11.8 Å². The molecule has 3 aliphatic carbocycles. The van der Waals surface area contributed by atoms with Gasteiger partial charge in [-0.25, -0.2) is 0 Å². The molecular formula is C30H38N4O4S. The summed E-state index contributed by atoms with van der Waals surface area (Å²) in [5.41, 5.74) is 3.77. The first-order valence-corrected chi connectivity index (χ1v) is 15.9. The largest absolute Gasteiger partial charge is 0.490 e. The van der Waals surface area contributed by atoms with Crippen molar-refractivity contribution in [1.29, 1.82) is 5.26 Å². The molecule has 1 aromatic heterocycles. The molecule has 2 saturated carbocycles. The molecule has 0 amide bonds. The van der Waals surface area contributed by atoms with Crippen LogP contribution in [-0.2, 0) is 14.9 Å². The minimum atomic E-state index is -3.61. The number of hydrogen-bond donors (Lipinski definition) is 2. The number of nitrogens with zero attached hydrogens (tertiary/aromatic N) is 2. The SMILES string of the molecule is C[C@H](NS(=O)(=O)NC1C=CCC(c2c(C#N)c3ccc(OC4CCOCC4)cc3n2C2CCC2)=CC1)C1CC1. The number of hydrogen-bond acceptors (Lipinski definition) is 5. The van der Waals surface area contributed by atoms with Crippen molar-refractivity contribution in [2.45, 2.75) is 88.9 Å². The van der Waals surface area contributed by atoms with E-state index in [-0.39, 0.29) is 18.2 Å². The highest BCUT2D eigenvalue weighted by molar-refractivity contribution is 7.87. The monoisotopic (exact) mass is 550 g/mol. The third-order valence-corrected chi connectivity index (χ3v) is 9.90. The molecule has 0 radical (unpaired) electrons. The minimum absolute atomic E-state index is 0.0555. The molecule has 1 unspecified atom stereocenters. The Bertz CT molecular complexity index is 1420. The van der Waals surface area contributed by atoms with Gasteiger partial charge in [-0.3, -0.25) is 0 Å². The van der Waals surface area contributed by atoms with E-state index in [0.29, 0.717) is 30.4 Å². The summed E-state index contributed by atoms with van der Waals surface area (Å²) in [6.45, 7) is 3.38. The van der Waals surface area contributed by atoms with E-state index in [4.69, 9.17) is 9.47 Å². The molecule has 3 fully saturated rings. The van der Waals surface area contributed by atoms with Gasteiger partial charge in [0.25, 0.3) is 10.2 Å². The first-order valence-electron chi connectivity index (χ1n) is 14.4. The van der Waals surface area contributed by atoms with Crippen LogP contribution in [0.5, 0.6) is 5.75 Å². The molecule has 0 spiro atoms. The van der Waals surface area contributed by atoms with Crippen molar-refractivity contribution < 1.29 is 17.9 Å².